The van der Waals surface area contributed by atoms with Gasteiger partial charge in [-0.15, -0.1) is 24.0 Å². The van der Waals surface area contributed by atoms with Crippen molar-refractivity contribution in [3.63, 3.8) is 0 Å². The topological polar surface area (TPSA) is 42.9 Å². The Morgan fingerprint density at radius 3 is 2.45 bits per heavy atom. The molecule has 2 rings (SSSR count). The smallest absolute Gasteiger partial charge is 0.191 e. The fourth-order valence-corrected chi connectivity index (χ4v) is 2.93. The summed E-state index contributed by atoms with van der Waals surface area (Å²) in [7, 11) is 4.05. The van der Waals surface area contributed by atoms with Crippen LogP contribution >= 0.6 is 24.0 Å². The van der Waals surface area contributed by atoms with Crippen molar-refractivity contribution < 1.29 is 0 Å². The summed E-state index contributed by atoms with van der Waals surface area (Å²) in [6.07, 6.45) is 6.69. The van der Waals surface area contributed by atoms with Crippen LogP contribution in [0.15, 0.2) is 17.1 Å². The van der Waals surface area contributed by atoms with Crippen molar-refractivity contribution in [1.82, 2.24) is 20.4 Å². The van der Waals surface area contributed by atoms with Crippen LogP contribution < -0.4 is 10.6 Å². The minimum Gasteiger partial charge on any atom is -0.356 e. The molecule has 128 valence electrons. The molecule has 2 N–H and O–H groups in total. The van der Waals surface area contributed by atoms with Crippen molar-refractivity contribution in [2.75, 3.05) is 53.4 Å². The van der Waals surface area contributed by atoms with Gasteiger partial charge in [-0.2, -0.15) is 0 Å². The molecule has 1 aliphatic carbocycles. The first kappa shape index (κ1) is 19.7. The zero-order chi connectivity index (χ0) is 15.1. The van der Waals surface area contributed by atoms with Crippen LogP contribution in [0.4, 0.5) is 0 Å². The molecule has 1 fully saturated rings. The third-order valence-corrected chi connectivity index (χ3v) is 4.36. The standard InChI is InChI=1S/C16H31N5.HI/c1-14(13-21-10-8-20(3)9-11-21)12-18-16(17-2)19-15-6-4-5-7-15;/h4-5,14-15H,6-13H2,1-3H3,(H2,17,18,19);1H. The predicted octanol–water partition coefficient (Wildman–Crippen LogP) is 1.37. The lowest BCUT2D eigenvalue weighted by Gasteiger charge is -2.34. The number of likely N-dealkylation sites (N-methyl/N-ethyl adjacent to an activating group) is 1. The van der Waals surface area contributed by atoms with E-state index in [1.807, 2.05) is 7.05 Å². The first-order chi connectivity index (χ1) is 10.2. The van der Waals surface area contributed by atoms with Crippen LogP contribution in [0.1, 0.15) is 19.8 Å². The Morgan fingerprint density at radius 1 is 1.23 bits per heavy atom. The summed E-state index contributed by atoms with van der Waals surface area (Å²) in [6, 6.07) is 0.518. The van der Waals surface area contributed by atoms with Gasteiger partial charge in [-0.05, 0) is 25.8 Å². The first-order valence-corrected chi connectivity index (χ1v) is 8.20. The number of piperazine rings is 1. The third-order valence-electron chi connectivity index (χ3n) is 4.36. The maximum Gasteiger partial charge on any atom is 0.191 e. The molecule has 0 aromatic carbocycles. The molecule has 0 aromatic heterocycles. The van der Waals surface area contributed by atoms with Crippen LogP contribution in [-0.2, 0) is 0 Å². The van der Waals surface area contributed by atoms with E-state index >= 15 is 0 Å². The summed E-state index contributed by atoms with van der Waals surface area (Å²) in [5, 5.41) is 6.95. The molecule has 0 spiro atoms. The molecule has 1 saturated heterocycles. The molecule has 2 aliphatic rings. The minimum absolute atomic E-state index is 0. The fourth-order valence-electron chi connectivity index (χ4n) is 2.93. The number of hydrogen-bond donors (Lipinski definition) is 2. The zero-order valence-electron chi connectivity index (χ0n) is 14.2. The maximum atomic E-state index is 4.33. The monoisotopic (exact) mass is 421 g/mol. The maximum absolute atomic E-state index is 4.33. The summed E-state index contributed by atoms with van der Waals surface area (Å²) in [5.41, 5.74) is 0. The summed E-state index contributed by atoms with van der Waals surface area (Å²) in [5.74, 6) is 1.57. The van der Waals surface area contributed by atoms with E-state index in [9.17, 15) is 0 Å². The summed E-state index contributed by atoms with van der Waals surface area (Å²) in [6.45, 7) is 9.24. The number of hydrogen-bond acceptors (Lipinski definition) is 3. The minimum atomic E-state index is 0. The van der Waals surface area contributed by atoms with Crippen molar-refractivity contribution in [2.45, 2.75) is 25.8 Å². The SMILES string of the molecule is CN=C(NCC(C)CN1CCN(C)CC1)NC1CC=CC1.I. The van der Waals surface area contributed by atoms with Gasteiger partial charge in [0, 0.05) is 52.4 Å². The van der Waals surface area contributed by atoms with Gasteiger partial charge >= 0.3 is 0 Å². The summed E-state index contributed by atoms with van der Waals surface area (Å²) in [4.78, 5) is 9.30. The van der Waals surface area contributed by atoms with E-state index in [1.165, 1.54) is 32.7 Å². The van der Waals surface area contributed by atoms with Gasteiger partial charge in [-0.25, -0.2) is 0 Å². The lowest BCUT2D eigenvalue weighted by atomic mass is 10.1. The molecule has 0 aromatic rings. The second-order valence-corrected chi connectivity index (χ2v) is 6.45. The number of halogens is 1. The van der Waals surface area contributed by atoms with Crippen molar-refractivity contribution in [2.24, 2.45) is 10.9 Å². The van der Waals surface area contributed by atoms with E-state index in [0.717, 1.165) is 25.3 Å². The van der Waals surface area contributed by atoms with Crippen molar-refractivity contribution in [3.8, 4) is 0 Å². The van der Waals surface area contributed by atoms with Gasteiger partial charge in [0.1, 0.15) is 0 Å². The van der Waals surface area contributed by atoms with E-state index in [4.69, 9.17) is 0 Å². The molecular formula is C16H32IN5. The molecule has 6 heteroatoms. The average molecular weight is 421 g/mol. The van der Waals surface area contributed by atoms with Gasteiger partial charge in [-0.3, -0.25) is 4.99 Å². The molecule has 0 amide bonds. The van der Waals surface area contributed by atoms with Gasteiger partial charge in [0.25, 0.3) is 0 Å². The van der Waals surface area contributed by atoms with Gasteiger partial charge in [0.2, 0.25) is 0 Å². The van der Waals surface area contributed by atoms with Crippen molar-refractivity contribution in [3.05, 3.63) is 12.2 Å². The van der Waals surface area contributed by atoms with Crippen LogP contribution in [0, 0.1) is 5.92 Å². The van der Waals surface area contributed by atoms with Crippen molar-refractivity contribution in [1.29, 1.82) is 0 Å². The van der Waals surface area contributed by atoms with E-state index < -0.39 is 0 Å². The molecule has 1 aliphatic heterocycles. The van der Waals surface area contributed by atoms with Crippen LogP contribution in [0.2, 0.25) is 0 Å². The van der Waals surface area contributed by atoms with Gasteiger partial charge in [-0.1, -0.05) is 19.1 Å². The second-order valence-electron chi connectivity index (χ2n) is 6.45. The Balaban J connectivity index is 0.00000242. The molecule has 5 nitrogen and oxygen atoms in total. The predicted molar refractivity (Wildman–Crippen MR) is 105 cm³/mol. The third kappa shape index (κ3) is 6.83. The van der Waals surface area contributed by atoms with E-state index in [-0.39, 0.29) is 24.0 Å². The number of guanidine groups is 1. The number of rotatable bonds is 5. The second kappa shape index (κ2) is 10.4. The van der Waals surface area contributed by atoms with E-state index in [2.05, 4.69) is 51.5 Å². The Labute approximate surface area is 152 Å². The highest BCUT2D eigenvalue weighted by molar-refractivity contribution is 14.0. The van der Waals surface area contributed by atoms with Crippen LogP contribution in [0.3, 0.4) is 0 Å². The normalized spacial score (nSPS) is 22.4. The molecule has 1 unspecified atom stereocenters. The largest absolute Gasteiger partial charge is 0.356 e. The van der Waals surface area contributed by atoms with Gasteiger partial charge in [0.15, 0.2) is 5.96 Å². The Hall–Kier alpha value is -0.340. The van der Waals surface area contributed by atoms with Crippen LogP contribution in [0.25, 0.3) is 0 Å². The Kier molecular flexibility index (Phi) is 9.35. The molecule has 1 atom stereocenters. The van der Waals surface area contributed by atoms with Crippen LogP contribution in [0.5, 0.6) is 0 Å². The van der Waals surface area contributed by atoms with Crippen LogP contribution in [-0.4, -0.2) is 75.2 Å². The highest BCUT2D eigenvalue weighted by atomic mass is 127. The molecule has 0 bridgehead atoms. The van der Waals surface area contributed by atoms with Gasteiger partial charge in [0.05, 0.1) is 0 Å². The number of aliphatic imine (C=N–C) groups is 1. The lowest BCUT2D eigenvalue weighted by Crippen LogP contribution is -2.48. The highest BCUT2D eigenvalue weighted by Gasteiger charge is 2.17. The average Bonchev–Trinajstić information content (AvgIpc) is 2.99. The van der Waals surface area contributed by atoms with Crippen molar-refractivity contribution >= 4 is 29.9 Å². The quantitative estimate of drug-likeness (QED) is 0.305. The summed E-state index contributed by atoms with van der Waals surface area (Å²) < 4.78 is 0. The molecule has 0 radical (unpaired) electrons. The first-order valence-electron chi connectivity index (χ1n) is 8.20. The highest BCUT2D eigenvalue weighted by Crippen LogP contribution is 2.08. The van der Waals surface area contributed by atoms with E-state index in [0.29, 0.717) is 12.0 Å². The summed E-state index contributed by atoms with van der Waals surface area (Å²) >= 11 is 0. The zero-order valence-corrected chi connectivity index (χ0v) is 16.5. The molecular weight excluding hydrogens is 389 g/mol. The molecule has 1 heterocycles. The Bertz CT molecular complexity index is 356. The lowest BCUT2D eigenvalue weighted by molar-refractivity contribution is 0.139. The van der Waals surface area contributed by atoms with E-state index in [1.54, 1.807) is 0 Å². The Morgan fingerprint density at radius 2 is 1.86 bits per heavy atom. The van der Waals surface area contributed by atoms with Gasteiger partial charge < -0.3 is 20.4 Å². The fraction of sp³-hybridized carbons (Fsp3) is 0.812. The number of nitrogens with zero attached hydrogens (tertiary/aromatic N) is 3. The molecule has 22 heavy (non-hydrogen) atoms. The molecule has 0 saturated carbocycles. The number of nitrogens with one attached hydrogen (secondary N) is 2.